The summed E-state index contributed by atoms with van der Waals surface area (Å²) in [4.78, 5) is 24.9. The van der Waals surface area contributed by atoms with E-state index in [0.29, 0.717) is 28.3 Å². The number of anilines is 1. The molecule has 2 N–H and O–H groups in total. The van der Waals surface area contributed by atoms with Crippen molar-refractivity contribution in [1.82, 2.24) is 15.3 Å². The number of phenolic OH excluding ortho intramolecular Hbond substituents is 1. The van der Waals surface area contributed by atoms with Crippen molar-refractivity contribution in [3.8, 4) is 23.1 Å². The third kappa shape index (κ3) is 3.57. The number of aromatic hydroxyl groups is 1. The quantitative estimate of drug-likeness (QED) is 0.439. The number of phenols is 1. The Labute approximate surface area is 206 Å². The molecular weight excluding hydrogens is 463 g/mol. The Kier molecular flexibility index (Phi) is 5.52. The Morgan fingerprint density at radius 2 is 2.06 bits per heavy atom. The van der Waals surface area contributed by atoms with Crippen molar-refractivity contribution in [2.75, 3.05) is 25.1 Å². The fourth-order valence-corrected chi connectivity index (χ4v) is 5.83. The van der Waals surface area contributed by atoms with Gasteiger partial charge in [0.25, 0.3) is 0 Å². The number of hydrogen-bond acceptors (Lipinski definition) is 8. The summed E-state index contributed by atoms with van der Waals surface area (Å²) >= 11 is 0. The van der Waals surface area contributed by atoms with Crippen LogP contribution in [0, 0.1) is 12.7 Å². The maximum absolute atomic E-state index is 14.9. The van der Waals surface area contributed by atoms with Crippen LogP contribution in [-0.4, -0.2) is 47.4 Å². The van der Waals surface area contributed by atoms with E-state index in [9.17, 15) is 14.3 Å². The van der Waals surface area contributed by atoms with Crippen LogP contribution in [0.4, 0.5) is 10.2 Å². The second kappa shape index (κ2) is 8.74. The monoisotopic (exact) mass is 490 g/mol. The summed E-state index contributed by atoms with van der Waals surface area (Å²) < 4.78 is 26.2. The van der Waals surface area contributed by atoms with E-state index < -0.39 is 11.4 Å². The topological polar surface area (TPSA) is 101 Å². The van der Waals surface area contributed by atoms with Gasteiger partial charge in [0.2, 0.25) is 0 Å². The Hall–Kier alpha value is -3.72. The number of piperidine rings is 2. The van der Waals surface area contributed by atoms with E-state index in [1.165, 1.54) is 25.3 Å². The molecule has 0 spiro atoms. The molecule has 2 saturated heterocycles. The molecular formula is C27H27FN4O4. The van der Waals surface area contributed by atoms with Gasteiger partial charge in [0.1, 0.15) is 22.7 Å². The second-order valence-corrected chi connectivity index (χ2v) is 9.54. The van der Waals surface area contributed by atoms with E-state index in [1.54, 1.807) is 19.1 Å². The summed E-state index contributed by atoms with van der Waals surface area (Å²) in [5, 5.41) is 15.0. The molecule has 0 bridgehead atoms. The number of nitrogens with zero attached hydrogens (tertiary/aromatic N) is 3. The third-order valence-electron chi connectivity index (χ3n) is 7.44. The first-order chi connectivity index (χ1) is 17.5. The summed E-state index contributed by atoms with van der Waals surface area (Å²) in [6, 6.07) is 8.18. The van der Waals surface area contributed by atoms with Crippen LogP contribution in [0.25, 0.3) is 33.0 Å². The van der Waals surface area contributed by atoms with Crippen LogP contribution in [0.1, 0.15) is 31.2 Å². The number of halogens is 1. The summed E-state index contributed by atoms with van der Waals surface area (Å²) in [7, 11) is 1.49. The van der Waals surface area contributed by atoms with Gasteiger partial charge in [-0.05, 0) is 62.7 Å². The normalized spacial score (nSPS) is 20.0. The van der Waals surface area contributed by atoms with Crippen LogP contribution < -0.4 is 20.6 Å². The van der Waals surface area contributed by atoms with Gasteiger partial charge in [0.05, 0.1) is 12.6 Å². The molecule has 2 aromatic carbocycles. The molecule has 2 unspecified atom stereocenters. The van der Waals surface area contributed by atoms with Gasteiger partial charge in [0, 0.05) is 35.1 Å². The van der Waals surface area contributed by atoms with Gasteiger partial charge in [-0.15, -0.1) is 0 Å². The molecule has 0 aliphatic carbocycles. The number of aryl methyl sites for hydroxylation is 1. The molecule has 0 saturated carbocycles. The zero-order valence-electron chi connectivity index (χ0n) is 20.2. The van der Waals surface area contributed by atoms with Crippen LogP contribution in [0.3, 0.4) is 0 Å². The minimum absolute atomic E-state index is 0.0599. The summed E-state index contributed by atoms with van der Waals surface area (Å²) in [6.07, 6.45) is 4.10. The molecule has 36 heavy (non-hydrogen) atoms. The lowest BCUT2D eigenvalue weighted by Crippen LogP contribution is -2.57. The standard InChI is InChI=1S/C27H27FN4O4/c1-14-23-22(25(31-27(30-23)35-2)32-11-5-8-19-20(32)9-4-10-29-19)26(34)36-24(14)17-13-16(33)12-15-6-3-7-18(28)21(15)17/h3,6-7,12-13,19-20,29,33H,4-5,8-11H2,1-2H3. The highest BCUT2D eigenvalue weighted by atomic mass is 19.1. The predicted octanol–water partition coefficient (Wildman–Crippen LogP) is 4.29. The Bertz CT molecular complexity index is 1550. The van der Waals surface area contributed by atoms with Crippen LogP contribution in [0.15, 0.2) is 39.5 Å². The minimum atomic E-state index is -0.609. The molecule has 9 heteroatoms. The van der Waals surface area contributed by atoms with Gasteiger partial charge in [-0.25, -0.2) is 9.18 Å². The van der Waals surface area contributed by atoms with Gasteiger partial charge in [-0.2, -0.15) is 9.97 Å². The van der Waals surface area contributed by atoms with Gasteiger partial charge < -0.3 is 24.5 Å². The smallest absolute Gasteiger partial charge is 0.349 e. The SMILES string of the molecule is COc1nc(N2CCCC3NCCCC32)c2c(=O)oc(-c3cc(O)cc4cccc(F)c34)c(C)c2n1. The highest BCUT2D eigenvalue weighted by molar-refractivity contribution is 6.00. The number of hydrogen-bond donors (Lipinski definition) is 2. The molecule has 8 nitrogen and oxygen atoms in total. The van der Waals surface area contributed by atoms with Crippen molar-refractivity contribution in [2.45, 2.75) is 44.7 Å². The van der Waals surface area contributed by atoms with Crippen molar-refractivity contribution in [3.05, 3.63) is 52.1 Å². The first-order valence-corrected chi connectivity index (χ1v) is 12.3. The number of benzene rings is 2. The number of aromatic nitrogens is 2. The fraction of sp³-hybridized carbons (Fsp3) is 0.370. The Balaban J connectivity index is 1.62. The van der Waals surface area contributed by atoms with Crippen molar-refractivity contribution in [1.29, 1.82) is 0 Å². The molecule has 0 radical (unpaired) electrons. The molecule has 0 amide bonds. The molecule has 4 heterocycles. The zero-order valence-corrected chi connectivity index (χ0v) is 20.2. The van der Waals surface area contributed by atoms with Crippen LogP contribution in [-0.2, 0) is 0 Å². The molecule has 2 aromatic heterocycles. The Morgan fingerprint density at radius 3 is 2.89 bits per heavy atom. The largest absolute Gasteiger partial charge is 0.508 e. The lowest BCUT2D eigenvalue weighted by molar-refractivity contribution is 0.282. The zero-order chi connectivity index (χ0) is 25.0. The second-order valence-electron chi connectivity index (χ2n) is 9.54. The van der Waals surface area contributed by atoms with Gasteiger partial charge in [0.15, 0.2) is 5.82 Å². The van der Waals surface area contributed by atoms with E-state index in [1.807, 2.05) is 0 Å². The lowest BCUT2D eigenvalue weighted by atomic mass is 9.89. The number of methoxy groups -OCH3 is 1. The average molecular weight is 491 g/mol. The number of ether oxygens (including phenoxy) is 1. The molecule has 2 fully saturated rings. The predicted molar refractivity (Wildman–Crippen MR) is 135 cm³/mol. The molecule has 6 rings (SSSR count). The van der Waals surface area contributed by atoms with Gasteiger partial charge >= 0.3 is 11.6 Å². The minimum Gasteiger partial charge on any atom is -0.508 e. The number of nitrogens with one attached hydrogen (secondary N) is 1. The number of fused-ring (bicyclic) bond motifs is 3. The summed E-state index contributed by atoms with van der Waals surface area (Å²) in [5.74, 6) is 0.122. The van der Waals surface area contributed by atoms with Crippen LogP contribution in [0.5, 0.6) is 11.8 Å². The van der Waals surface area contributed by atoms with E-state index in [0.717, 1.165) is 38.8 Å². The van der Waals surface area contributed by atoms with Gasteiger partial charge in [-0.1, -0.05) is 12.1 Å². The maximum Gasteiger partial charge on any atom is 0.349 e. The van der Waals surface area contributed by atoms with Crippen LogP contribution >= 0.6 is 0 Å². The van der Waals surface area contributed by atoms with Crippen molar-refractivity contribution in [2.24, 2.45) is 0 Å². The first kappa shape index (κ1) is 22.7. The van der Waals surface area contributed by atoms with Crippen molar-refractivity contribution >= 4 is 27.5 Å². The van der Waals surface area contributed by atoms with Crippen molar-refractivity contribution in [3.63, 3.8) is 0 Å². The van der Waals surface area contributed by atoms with Crippen LogP contribution in [0.2, 0.25) is 0 Å². The highest BCUT2D eigenvalue weighted by Gasteiger charge is 2.36. The van der Waals surface area contributed by atoms with E-state index in [2.05, 4.69) is 20.2 Å². The molecule has 4 aromatic rings. The molecule has 2 aliphatic rings. The lowest BCUT2D eigenvalue weighted by Gasteiger charge is -2.45. The highest BCUT2D eigenvalue weighted by Crippen LogP contribution is 2.39. The first-order valence-electron chi connectivity index (χ1n) is 12.3. The van der Waals surface area contributed by atoms with Crippen molar-refractivity contribution < 1.29 is 18.7 Å². The number of rotatable bonds is 3. The maximum atomic E-state index is 14.9. The fourth-order valence-electron chi connectivity index (χ4n) is 5.83. The molecule has 2 aliphatic heterocycles. The molecule has 2 atom stereocenters. The summed E-state index contributed by atoms with van der Waals surface area (Å²) in [6.45, 7) is 3.53. The third-order valence-corrected chi connectivity index (χ3v) is 7.44. The summed E-state index contributed by atoms with van der Waals surface area (Å²) in [5.41, 5.74) is 0.606. The Morgan fingerprint density at radius 1 is 1.19 bits per heavy atom. The van der Waals surface area contributed by atoms with Gasteiger partial charge in [-0.3, -0.25) is 0 Å². The average Bonchev–Trinajstić information content (AvgIpc) is 2.89. The van der Waals surface area contributed by atoms with E-state index in [4.69, 9.17) is 9.15 Å². The van der Waals surface area contributed by atoms with E-state index >= 15 is 0 Å². The van der Waals surface area contributed by atoms with E-state index in [-0.39, 0.29) is 39.9 Å². The molecule has 186 valence electrons.